The number of hydrogen-bond acceptors (Lipinski definition) is 3. The standard InChI is InChI=1S/C15H25NO2/c1-15(2,3)13-5-7-14(8-6-13)18-12-4-9-16-10-11-17/h5-8,16-17H,4,9-12H2,1-3H3. The minimum atomic E-state index is 0.187. The van der Waals surface area contributed by atoms with E-state index in [0.717, 1.165) is 18.7 Å². The summed E-state index contributed by atoms with van der Waals surface area (Å²) >= 11 is 0. The quantitative estimate of drug-likeness (QED) is 0.731. The lowest BCUT2D eigenvalue weighted by Gasteiger charge is -2.19. The number of ether oxygens (including phenoxy) is 1. The summed E-state index contributed by atoms with van der Waals surface area (Å²) in [6.45, 7) is 9.03. The van der Waals surface area contributed by atoms with Gasteiger partial charge in [0.1, 0.15) is 5.75 Å². The summed E-state index contributed by atoms with van der Waals surface area (Å²) in [5.74, 6) is 0.921. The Balaban J connectivity index is 2.27. The maximum atomic E-state index is 8.60. The van der Waals surface area contributed by atoms with E-state index in [9.17, 15) is 0 Å². The smallest absolute Gasteiger partial charge is 0.119 e. The van der Waals surface area contributed by atoms with Crippen molar-refractivity contribution in [2.75, 3.05) is 26.3 Å². The Bertz CT molecular complexity index is 327. The Morgan fingerprint density at radius 1 is 1.11 bits per heavy atom. The summed E-state index contributed by atoms with van der Waals surface area (Å²) in [6.07, 6.45) is 0.945. The summed E-state index contributed by atoms with van der Waals surface area (Å²) < 4.78 is 5.65. The Labute approximate surface area is 110 Å². The molecular weight excluding hydrogens is 226 g/mol. The Morgan fingerprint density at radius 3 is 2.33 bits per heavy atom. The molecule has 2 N–H and O–H groups in total. The van der Waals surface area contributed by atoms with Gasteiger partial charge in [0.2, 0.25) is 0 Å². The van der Waals surface area contributed by atoms with E-state index in [1.54, 1.807) is 0 Å². The maximum absolute atomic E-state index is 8.60. The van der Waals surface area contributed by atoms with Crippen LogP contribution in [0.2, 0.25) is 0 Å². The molecule has 0 bridgehead atoms. The zero-order valence-electron chi connectivity index (χ0n) is 11.7. The molecule has 0 unspecified atom stereocenters. The molecule has 1 aromatic rings. The van der Waals surface area contributed by atoms with E-state index < -0.39 is 0 Å². The molecule has 1 rings (SSSR count). The van der Waals surface area contributed by atoms with Crippen molar-refractivity contribution in [2.24, 2.45) is 0 Å². The van der Waals surface area contributed by atoms with E-state index in [4.69, 9.17) is 9.84 Å². The second-order valence-electron chi connectivity index (χ2n) is 5.45. The monoisotopic (exact) mass is 251 g/mol. The molecule has 3 heteroatoms. The van der Waals surface area contributed by atoms with Crippen molar-refractivity contribution in [1.29, 1.82) is 0 Å². The van der Waals surface area contributed by atoms with E-state index in [1.165, 1.54) is 5.56 Å². The molecule has 0 aliphatic heterocycles. The fourth-order valence-electron chi connectivity index (χ4n) is 1.64. The van der Waals surface area contributed by atoms with Crippen LogP contribution in [0.4, 0.5) is 0 Å². The topological polar surface area (TPSA) is 41.5 Å². The SMILES string of the molecule is CC(C)(C)c1ccc(OCCCNCCO)cc1. The second-order valence-corrected chi connectivity index (χ2v) is 5.45. The van der Waals surface area contributed by atoms with E-state index in [0.29, 0.717) is 13.2 Å². The van der Waals surface area contributed by atoms with Crippen molar-refractivity contribution in [3.8, 4) is 5.75 Å². The van der Waals surface area contributed by atoms with Gasteiger partial charge in [-0.15, -0.1) is 0 Å². The van der Waals surface area contributed by atoms with Crippen LogP contribution >= 0.6 is 0 Å². The summed E-state index contributed by atoms with van der Waals surface area (Å²) in [5.41, 5.74) is 1.51. The number of aliphatic hydroxyl groups excluding tert-OH is 1. The molecule has 0 aliphatic rings. The Kier molecular flexibility index (Phi) is 6.16. The van der Waals surface area contributed by atoms with Crippen LogP contribution in [0.3, 0.4) is 0 Å². The molecule has 0 aromatic heterocycles. The lowest BCUT2D eigenvalue weighted by Crippen LogP contribution is -2.20. The van der Waals surface area contributed by atoms with Gasteiger partial charge in [-0.2, -0.15) is 0 Å². The van der Waals surface area contributed by atoms with Crippen molar-refractivity contribution < 1.29 is 9.84 Å². The van der Waals surface area contributed by atoms with Crippen LogP contribution in [-0.4, -0.2) is 31.4 Å². The van der Waals surface area contributed by atoms with Crippen LogP contribution in [0.25, 0.3) is 0 Å². The molecule has 0 fully saturated rings. The highest BCUT2D eigenvalue weighted by molar-refractivity contribution is 5.31. The minimum absolute atomic E-state index is 0.187. The molecule has 0 saturated carbocycles. The van der Waals surface area contributed by atoms with Crippen molar-refractivity contribution in [3.05, 3.63) is 29.8 Å². The molecule has 0 amide bonds. The van der Waals surface area contributed by atoms with Crippen LogP contribution in [0.5, 0.6) is 5.75 Å². The number of rotatable bonds is 7. The lowest BCUT2D eigenvalue weighted by molar-refractivity contribution is 0.282. The van der Waals surface area contributed by atoms with Crippen molar-refractivity contribution in [2.45, 2.75) is 32.6 Å². The van der Waals surface area contributed by atoms with Crippen LogP contribution < -0.4 is 10.1 Å². The minimum Gasteiger partial charge on any atom is -0.494 e. The van der Waals surface area contributed by atoms with Gasteiger partial charge >= 0.3 is 0 Å². The highest BCUT2D eigenvalue weighted by atomic mass is 16.5. The zero-order chi connectivity index (χ0) is 13.4. The largest absolute Gasteiger partial charge is 0.494 e. The normalized spacial score (nSPS) is 11.6. The van der Waals surface area contributed by atoms with Crippen molar-refractivity contribution >= 4 is 0 Å². The molecule has 0 radical (unpaired) electrons. The fraction of sp³-hybridized carbons (Fsp3) is 0.600. The van der Waals surface area contributed by atoms with Crippen molar-refractivity contribution in [3.63, 3.8) is 0 Å². The van der Waals surface area contributed by atoms with Gasteiger partial charge in [0.05, 0.1) is 13.2 Å². The van der Waals surface area contributed by atoms with Gasteiger partial charge < -0.3 is 15.2 Å². The van der Waals surface area contributed by atoms with Gasteiger partial charge in [-0.1, -0.05) is 32.9 Å². The Hall–Kier alpha value is -1.06. The fourth-order valence-corrected chi connectivity index (χ4v) is 1.64. The predicted octanol–water partition coefficient (Wildman–Crippen LogP) is 2.33. The van der Waals surface area contributed by atoms with Crippen LogP contribution in [0.1, 0.15) is 32.8 Å². The van der Waals surface area contributed by atoms with Gasteiger partial charge in [-0.05, 0) is 36.1 Å². The van der Waals surface area contributed by atoms with E-state index in [-0.39, 0.29) is 12.0 Å². The third kappa shape index (κ3) is 5.52. The molecule has 0 aliphatic carbocycles. The van der Waals surface area contributed by atoms with Gasteiger partial charge in [0.15, 0.2) is 0 Å². The molecule has 0 spiro atoms. The first-order chi connectivity index (χ1) is 8.54. The summed E-state index contributed by atoms with van der Waals surface area (Å²) in [5, 5.41) is 11.7. The highest BCUT2D eigenvalue weighted by Gasteiger charge is 2.12. The number of hydrogen-bond donors (Lipinski definition) is 2. The molecular formula is C15H25NO2. The van der Waals surface area contributed by atoms with E-state index >= 15 is 0 Å². The predicted molar refractivity (Wildman–Crippen MR) is 75.2 cm³/mol. The molecule has 0 heterocycles. The summed E-state index contributed by atoms with van der Waals surface area (Å²) in [4.78, 5) is 0. The Morgan fingerprint density at radius 2 is 1.78 bits per heavy atom. The maximum Gasteiger partial charge on any atom is 0.119 e. The first-order valence-electron chi connectivity index (χ1n) is 6.59. The second kappa shape index (κ2) is 7.39. The number of aliphatic hydroxyl groups is 1. The third-order valence-electron chi connectivity index (χ3n) is 2.78. The first-order valence-corrected chi connectivity index (χ1v) is 6.59. The van der Waals surface area contributed by atoms with E-state index in [2.05, 4.69) is 38.2 Å². The van der Waals surface area contributed by atoms with Crippen LogP contribution in [-0.2, 0) is 5.41 Å². The lowest BCUT2D eigenvalue weighted by atomic mass is 9.87. The van der Waals surface area contributed by atoms with Crippen LogP contribution in [0, 0.1) is 0 Å². The molecule has 3 nitrogen and oxygen atoms in total. The average Bonchev–Trinajstić information content (AvgIpc) is 2.33. The molecule has 0 atom stereocenters. The molecule has 0 saturated heterocycles. The van der Waals surface area contributed by atoms with Gasteiger partial charge in [-0.25, -0.2) is 0 Å². The van der Waals surface area contributed by atoms with E-state index in [1.807, 2.05) is 12.1 Å². The molecule has 102 valence electrons. The zero-order valence-corrected chi connectivity index (χ0v) is 11.7. The van der Waals surface area contributed by atoms with Crippen LogP contribution in [0.15, 0.2) is 24.3 Å². The number of nitrogens with one attached hydrogen (secondary N) is 1. The first kappa shape index (κ1) is 15.0. The van der Waals surface area contributed by atoms with Gasteiger partial charge in [-0.3, -0.25) is 0 Å². The van der Waals surface area contributed by atoms with Gasteiger partial charge in [0, 0.05) is 6.54 Å². The molecule has 18 heavy (non-hydrogen) atoms. The molecule has 1 aromatic carbocycles. The number of benzene rings is 1. The summed E-state index contributed by atoms with van der Waals surface area (Å²) in [6, 6.07) is 8.31. The third-order valence-corrected chi connectivity index (χ3v) is 2.78. The summed E-state index contributed by atoms with van der Waals surface area (Å²) in [7, 11) is 0. The average molecular weight is 251 g/mol. The highest BCUT2D eigenvalue weighted by Crippen LogP contribution is 2.24. The van der Waals surface area contributed by atoms with Gasteiger partial charge in [0.25, 0.3) is 0 Å². The van der Waals surface area contributed by atoms with Crippen molar-refractivity contribution in [1.82, 2.24) is 5.32 Å².